The number of hydrogen-bond acceptors (Lipinski definition) is 3. The van der Waals surface area contributed by atoms with E-state index in [1.165, 1.54) is 6.42 Å². The zero-order valence-electron chi connectivity index (χ0n) is 9.24. The molecule has 0 heterocycles. The van der Waals surface area contributed by atoms with Crippen LogP contribution in [0.4, 0.5) is 0 Å². The van der Waals surface area contributed by atoms with E-state index in [1.54, 1.807) is 0 Å². The molecule has 0 spiro atoms. The van der Waals surface area contributed by atoms with Crippen molar-refractivity contribution >= 4 is 0 Å². The Hall–Kier alpha value is -0.120. The molecule has 1 saturated carbocycles. The van der Waals surface area contributed by atoms with Gasteiger partial charge in [-0.3, -0.25) is 0 Å². The molecular formula is C11H23NO2. The average Bonchev–Trinajstić information content (AvgIpc) is 2.16. The van der Waals surface area contributed by atoms with Crippen LogP contribution >= 0.6 is 0 Å². The highest BCUT2D eigenvalue weighted by Crippen LogP contribution is 2.18. The van der Waals surface area contributed by atoms with Gasteiger partial charge in [0.15, 0.2) is 0 Å². The highest BCUT2D eigenvalue weighted by atomic mass is 16.3. The van der Waals surface area contributed by atoms with Gasteiger partial charge in [-0.25, -0.2) is 0 Å². The second-order valence-corrected chi connectivity index (χ2v) is 4.68. The van der Waals surface area contributed by atoms with E-state index in [0.29, 0.717) is 6.54 Å². The lowest BCUT2D eigenvalue weighted by molar-refractivity contribution is 0.0705. The molecule has 3 atom stereocenters. The van der Waals surface area contributed by atoms with Crippen LogP contribution in [0.1, 0.15) is 39.5 Å². The fourth-order valence-electron chi connectivity index (χ4n) is 1.86. The lowest BCUT2D eigenvalue weighted by atomic mass is 9.92. The van der Waals surface area contributed by atoms with Crippen molar-refractivity contribution in [3.8, 4) is 0 Å². The molecule has 0 radical (unpaired) electrons. The van der Waals surface area contributed by atoms with E-state index in [1.807, 2.05) is 13.8 Å². The monoisotopic (exact) mass is 201 g/mol. The molecule has 1 aliphatic rings. The van der Waals surface area contributed by atoms with Gasteiger partial charge in [0.1, 0.15) is 0 Å². The molecule has 3 nitrogen and oxygen atoms in total. The summed E-state index contributed by atoms with van der Waals surface area (Å²) in [6, 6.07) is 0.192. The number of aliphatic hydroxyl groups is 2. The van der Waals surface area contributed by atoms with Gasteiger partial charge >= 0.3 is 0 Å². The second kappa shape index (κ2) is 5.69. The minimum Gasteiger partial charge on any atom is -0.392 e. The summed E-state index contributed by atoms with van der Waals surface area (Å²) in [7, 11) is 0. The molecule has 3 N–H and O–H groups in total. The van der Waals surface area contributed by atoms with Crippen LogP contribution in [0.5, 0.6) is 0 Å². The van der Waals surface area contributed by atoms with Crippen LogP contribution in [-0.2, 0) is 0 Å². The standard InChI is InChI=1S/C11H23NO2/c1-8(2)11(14)7-12-9-5-3-4-6-10(9)13/h8-14H,3-7H2,1-2H3/t9-,10-,11?/m0/s1. The Labute approximate surface area is 86.5 Å². The normalized spacial score (nSPS) is 30.6. The van der Waals surface area contributed by atoms with E-state index in [0.717, 1.165) is 19.3 Å². The van der Waals surface area contributed by atoms with E-state index in [-0.39, 0.29) is 24.2 Å². The van der Waals surface area contributed by atoms with E-state index < -0.39 is 0 Å². The van der Waals surface area contributed by atoms with Gasteiger partial charge in [0, 0.05) is 12.6 Å². The van der Waals surface area contributed by atoms with Gasteiger partial charge in [0.2, 0.25) is 0 Å². The first-order valence-corrected chi connectivity index (χ1v) is 5.70. The Morgan fingerprint density at radius 1 is 1.29 bits per heavy atom. The SMILES string of the molecule is CC(C)C(O)CN[C@H]1CCCC[C@@H]1O. The topological polar surface area (TPSA) is 52.5 Å². The number of aliphatic hydroxyl groups excluding tert-OH is 2. The molecule has 0 bridgehead atoms. The van der Waals surface area contributed by atoms with E-state index in [4.69, 9.17) is 0 Å². The van der Waals surface area contributed by atoms with Gasteiger partial charge in [-0.15, -0.1) is 0 Å². The molecule has 3 heteroatoms. The van der Waals surface area contributed by atoms with Crippen LogP contribution in [0.2, 0.25) is 0 Å². The zero-order valence-corrected chi connectivity index (χ0v) is 9.24. The summed E-state index contributed by atoms with van der Waals surface area (Å²) in [6.07, 6.45) is 3.73. The molecule has 0 aliphatic heterocycles. The van der Waals surface area contributed by atoms with Crippen molar-refractivity contribution in [3.05, 3.63) is 0 Å². The molecule has 1 aliphatic carbocycles. The minimum atomic E-state index is -0.302. The maximum absolute atomic E-state index is 9.68. The summed E-state index contributed by atoms with van der Waals surface area (Å²) in [4.78, 5) is 0. The van der Waals surface area contributed by atoms with E-state index in [2.05, 4.69) is 5.32 Å². The van der Waals surface area contributed by atoms with Crippen molar-refractivity contribution in [2.45, 2.75) is 57.8 Å². The number of nitrogens with one attached hydrogen (secondary N) is 1. The Kier molecular flexibility index (Phi) is 4.85. The van der Waals surface area contributed by atoms with Crippen molar-refractivity contribution in [2.75, 3.05) is 6.54 Å². The molecule has 0 aromatic heterocycles. The van der Waals surface area contributed by atoms with Crippen LogP contribution in [0.15, 0.2) is 0 Å². The Bertz CT molecular complexity index is 161. The van der Waals surface area contributed by atoms with Gasteiger partial charge in [-0.1, -0.05) is 26.7 Å². The molecule has 0 saturated heterocycles. The minimum absolute atomic E-state index is 0.192. The summed E-state index contributed by atoms with van der Waals surface area (Å²) < 4.78 is 0. The Morgan fingerprint density at radius 2 is 1.93 bits per heavy atom. The first-order chi connectivity index (χ1) is 6.61. The van der Waals surface area contributed by atoms with Crippen LogP contribution in [-0.4, -0.2) is 35.0 Å². The largest absolute Gasteiger partial charge is 0.392 e. The first-order valence-electron chi connectivity index (χ1n) is 5.70. The molecule has 0 aromatic rings. The first kappa shape index (κ1) is 12.0. The quantitative estimate of drug-likeness (QED) is 0.633. The van der Waals surface area contributed by atoms with Crippen LogP contribution in [0, 0.1) is 5.92 Å². The fraction of sp³-hybridized carbons (Fsp3) is 1.00. The molecule has 1 rings (SSSR count). The summed E-state index contributed by atoms with van der Waals surface area (Å²) in [5.74, 6) is 0.281. The van der Waals surface area contributed by atoms with Gasteiger partial charge in [0.05, 0.1) is 12.2 Å². The maximum atomic E-state index is 9.68. The number of hydrogen-bond donors (Lipinski definition) is 3. The predicted molar refractivity (Wildman–Crippen MR) is 57.1 cm³/mol. The highest BCUT2D eigenvalue weighted by molar-refractivity contribution is 4.81. The summed E-state index contributed by atoms with van der Waals surface area (Å²) in [6.45, 7) is 4.60. The predicted octanol–water partition coefficient (Wildman–Crippen LogP) is 0.896. The van der Waals surface area contributed by atoms with Gasteiger partial charge in [0.25, 0.3) is 0 Å². The lowest BCUT2D eigenvalue weighted by Gasteiger charge is -2.29. The smallest absolute Gasteiger partial charge is 0.0693 e. The molecule has 1 fully saturated rings. The number of rotatable bonds is 4. The van der Waals surface area contributed by atoms with Crippen molar-refractivity contribution in [1.82, 2.24) is 5.32 Å². The van der Waals surface area contributed by atoms with Crippen molar-refractivity contribution in [2.24, 2.45) is 5.92 Å². The Morgan fingerprint density at radius 3 is 2.50 bits per heavy atom. The molecule has 14 heavy (non-hydrogen) atoms. The zero-order chi connectivity index (χ0) is 10.6. The summed E-state index contributed by atoms with van der Waals surface area (Å²) >= 11 is 0. The third kappa shape index (κ3) is 3.56. The van der Waals surface area contributed by atoms with Crippen LogP contribution in [0.3, 0.4) is 0 Å². The Balaban J connectivity index is 2.22. The van der Waals surface area contributed by atoms with Gasteiger partial charge in [-0.2, -0.15) is 0 Å². The summed E-state index contributed by atoms with van der Waals surface area (Å²) in [5.41, 5.74) is 0. The summed E-state index contributed by atoms with van der Waals surface area (Å²) in [5, 5.41) is 22.5. The highest BCUT2D eigenvalue weighted by Gasteiger charge is 2.23. The average molecular weight is 201 g/mol. The van der Waals surface area contributed by atoms with Crippen molar-refractivity contribution in [1.29, 1.82) is 0 Å². The van der Waals surface area contributed by atoms with Gasteiger partial charge < -0.3 is 15.5 Å². The van der Waals surface area contributed by atoms with Crippen LogP contribution in [0.25, 0.3) is 0 Å². The third-order valence-electron chi connectivity index (χ3n) is 3.09. The van der Waals surface area contributed by atoms with Crippen molar-refractivity contribution in [3.63, 3.8) is 0 Å². The molecule has 1 unspecified atom stereocenters. The molecule has 0 amide bonds. The fourth-order valence-corrected chi connectivity index (χ4v) is 1.86. The molecule has 84 valence electrons. The van der Waals surface area contributed by atoms with E-state index >= 15 is 0 Å². The van der Waals surface area contributed by atoms with Gasteiger partial charge in [-0.05, 0) is 18.8 Å². The second-order valence-electron chi connectivity index (χ2n) is 4.68. The van der Waals surface area contributed by atoms with Crippen LogP contribution < -0.4 is 5.32 Å². The van der Waals surface area contributed by atoms with E-state index in [9.17, 15) is 10.2 Å². The molecular weight excluding hydrogens is 178 g/mol. The lowest BCUT2D eigenvalue weighted by Crippen LogP contribution is -2.45. The third-order valence-corrected chi connectivity index (χ3v) is 3.09. The molecule has 0 aromatic carbocycles. The maximum Gasteiger partial charge on any atom is 0.0693 e. The van der Waals surface area contributed by atoms with Crippen molar-refractivity contribution < 1.29 is 10.2 Å².